The van der Waals surface area contributed by atoms with E-state index >= 15 is 0 Å². The molecular formula is C11H21N3O2S2. The quantitative estimate of drug-likeness (QED) is 0.719. The van der Waals surface area contributed by atoms with Crippen LogP contribution in [0.1, 0.15) is 38.8 Å². The van der Waals surface area contributed by atoms with Gasteiger partial charge in [0.15, 0.2) is 5.13 Å². The van der Waals surface area contributed by atoms with Crippen molar-refractivity contribution in [3.05, 3.63) is 11.1 Å². The molecule has 0 saturated heterocycles. The van der Waals surface area contributed by atoms with Gasteiger partial charge >= 0.3 is 0 Å². The zero-order valence-corrected chi connectivity index (χ0v) is 12.7. The molecule has 0 aliphatic carbocycles. The SMILES string of the molecule is CCCNCCS(=O)(=O)Nc1nc(C(C)C)cs1. The summed E-state index contributed by atoms with van der Waals surface area (Å²) in [5, 5.41) is 5.40. The van der Waals surface area contributed by atoms with Crippen LogP contribution in [-0.4, -0.2) is 32.2 Å². The number of aromatic nitrogens is 1. The number of nitrogens with zero attached hydrogens (tertiary/aromatic N) is 1. The van der Waals surface area contributed by atoms with E-state index in [4.69, 9.17) is 0 Å². The van der Waals surface area contributed by atoms with Gasteiger partial charge in [-0.2, -0.15) is 0 Å². The zero-order valence-electron chi connectivity index (χ0n) is 11.1. The number of nitrogens with one attached hydrogen (secondary N) is 2. The van der Waals surface area contributed by atoms with E-state index in [0.29, 0.717) is 17.6 Å². The van der Waals surface area contributed by atoms with Crippen LogP contribution in [0, 0.1) is 0 Å². The van der Waals surface area contributed by atoms with Gasteiger partial charge in [0.05, 0.1) is 11.4 Å². The molecule has 0 saturated carbocycles. The van der Waals surface area contributed by atoms with E-state index in [2.05, 4.69) is 15.0 Å². The van der Waals surface area contributed by atoms with Gasteiger partial charge in [-0.25, -0.2) is 13.4 Å². The Kier molecular flexibility index (Phi) is 6.04. The second kappa shape index (κ2) is 7.06. The van der Waals surface area contributed by atoms with Gasteiger partial charge in [-0.15, -0.1) is 11.3 Å². The standard InChI is InChI=1S/C11H21N3O2S2/c1-4-5-12-6-7-18(15,16)14-11-13-10(8-17-11)9(2)3/h8-9,12H,4-7H2,1-3H3,(H,13,14). The van der Waals surface area contributed by atoms with Crippen LogP contribution in [0.5, 0.6) is 0 Å². The Morgan fingerprint density at radius 1 is 1.39 bits per heavy atom. The van der Waals surface area contributed by atoms with Crippen molar-refractivity contribution in [1.82, 2.24) is 10.3 Å². The molecule has 0 aliphatic heterocycles. The molecule has 7 heteroatoms. The highest BCUT2D eigenvalue weighted by molar-refractivity contribution is 7.92. The second-order valence-electron chi connectivity index (χ2n) is 4.40. The van der Waals surface area contributed by atoms with Crippen molar-refractivity contribution in [2.24, 2.45) is 0 Å². The Morgan fingerprint density at radius 2 is 2.11 bits per heavy atom. The Bertz CT molecular complexity index is 455. The summed E-state index contributed by atoms with van der Waals surface area (Å²) >= 11 is 1.33. The lowest BCUT2D eigenvalue weighted by Crippen LogP contribution is -2.27. The highest BCUT2D eigenvalue weighted by Gasteiger charge is 2.13. The molecule has 0 bridgehead atoms. The van der Waals surface area contributed by atoms with Crippen molar-refractivity contribution >= 4 is 26.5 Å². The number of hydrogen-bond acceptors (Lipinski definition) is 5. The van der Waals surface area contributed by atoms with Crippen LogP contribution in [0.25, 0.3) is 0 Å². The van der Waals surface area contributed by atoms with Crippen LogP contribution in [0.15, 0.2) is 5.38 Å². The van der Waals surface area contributed by atoms with E-state index in [1.54, 1.807) is 0 Å². The fraction of sp³-hybridized carbons (Fsp3) is 0.727. The van der Waals surface area contributed by atoms with Crippen LogP contribution in [0.4, 0.5) is 5.13 Å². The van der Waals surface area contributed by atoms with Gasteiger partial charge in [-0.1, -0.05) is 20.8 Å². The highest BCUT2D eigenvalue weighted by atomic mass is 32.2. The van der Waals surface area contributed by atoms with Crippen molar-refractivity contribution in [1.29, 1.82) is 0 Å². The van der Waals surface area contributed by atoms with Gasteiger partial charge in [0.25, 0.3) is 0 Å². The number of thiazole rings is 1. The minimum atomic E-state index is -3.29. The summed E-state index contributed by atoms with van der Waals surface area (Å²) in [5.41, 5.74) is 0.918. The summed E-state index contributed by atoms with van der Waals surface area (Å²) in [6.45, 7) is 7.41. The number of rotatable bonds is 8. The third-order valence-electron chi connectivity index (χ3n) is 2.33. The molecule has 0 amide bonds. The van der Waals surface area contributed by atoms with Gasteiger partial charge in [-0.3, -0.25) is 4.72 Å². The average molecular weight is 291 g/mol. The first-order valence-corrected chi connectivity index (χ1v) is 8.64. The third kappa shape index (κ3) is 5.32. The van der Waals surface area contributed by atoms with Crippen LogP contribution in [0.3, 0.4) is 0 Å². The molecule has 1 rings (SSSR count). The molecule has 0 aliphatic rings. The maximum atomic E-state index is 11.8. The van der Waals surface area contributed by atoms with Gasteiger partial charge in [0, 0.05) is 11.9 Å². The van der Waals surface area contributed by atoms with E-state index < -0.39 is 10.0 Å². The molecule has 1 aromatic heterocycles. The Morgan fingerprint density at radius 3 is 2.67 bits per heavy atom. The number of anilines is 1. The van der Waals surface area contributed by atoms with Crippen LogP contribution < -0.4 is 10.0 Å². The summed E-state index contributed by atoms with van der Waals surface area (Å²) in [4.78, 5) is 4.25. The molecule has 0 fully saturated rings. The molecule has 1 aromatic rings. The molecule has 1 heterocycles. The molecular weight excluding hydrogens is 270 g/mol. The maximum Gasteiger partial charge on any atom is 0.235 e. The van der Waals surface area contributed by atoms with E-state index in [-0.39, 0.29) is 5.75 Å². The van der Waals surface area contributed by atoms with Gasteiger partial charge in [0.1, 0.15) is 0 Å². The topological polar surface area (TPSA) is 71.1 Å². The van der Waals surface area contributed by atoms with Crippen molar-refractivity contribution < 1.29 is 8.42 Å². The van der Waals surface area contributed by atoms with Crippen molar-refractivity contribution in [3.8, 4) is 0 Å². The van der Waals surface area contributed by atoms with Crippen molar-refractivity contribution in [2.45, 2.75) is 33.1 Å². The molecule has 18 heavy (non-hydrogen) atoms. The highest BCUT2D eigenvalue weighted by Crippen LogP contribution is 2.22. The summed E-state index contributed by atoms with van der Waals surface area (Å²) in [6, 6.07) is 0. The van der Waals surface area contributed by atoms with E-state index in [1.165, 1.54) is 11.3 Å². The summed E-state index contributed by atoms with van der Waals surface area (Å²) in [5.74, 6) is 0.384. The van der Waals surface area contributed by atoms with Crippen LogP contribution in [0.2, 0.25) is 0 Å². The van der Waals surface area contributed by atoms with E-state index in [1.807, 2.05) is 26.2 Å². The van der Waals surface area contributed by atoms with Crippen molar-refractivity contribution in [3.63, 3.8) is 0 Å². The fourth-order valence-corrected chi connectivity index (χ4v) is 3.41. The Labute approximate surface area is 113 Å². The van der Waals surface area contributed by atoms with E-state index in [9.17, 15) is 8.42 Å². The summed E-state index contributed by atoms with van der Waals surface area (Å²) in [7, 11) is -3.29. The third-order valence-corrected chi connectivity index (χ3v) is 4.48. The maximum absolute atomic E-state index is 11.8. The molecule has 0 spiro atoms. The van der Waals surface area contributed by atoms with Crippen LogP contribution in [-0.2, 0) is 10.0 Å². The molecule has 0 radical (unpaired) electrons. The zero-order chi connectivity index (χ0) is 13.6. The Hall–Kier alpha value is -0.660. The minimum Gasteiger partial charge on any atom is -0.316 e. The smallest absolute Gasteiger partial charge is 0.235 e. The first-order chi connectivity index (χ1) is 8.44. The lowest BCUT2D eigenvalue weighted by atomic mass is 10.2. The predicted molar refractivity (Wildman–Crippen MR) is 76.8 cm³/mol. The Balaban J connectivity index is 2.48. The fourth-order valence-electron chi connectivity index (χ4n) is 1.29. The normalized spacial score (nSPS) is 12.0. The molecule has 0 aromatic carbocycles. The van der Waals surface area contributed by atoms with E-state index in [0.717, 1.165) is 18.7 Å². The second-order valence-corrected chi connectivity index (χ2v) is 7.10. The molecule has 0 atom stereocenters. The predicted octanol–water partition coefficient (Wildman–Crippen LogP) is 2.01. The number of hydrogen-bond donors (Lipinski definition) is 2. The van der Waals surface area contributed by atoms with Gasteiger partial charge < -0.3 is 5.32 Å². The number of sulfonamides is 1. The molecule has 5 nitrogen and oxygen atoms in total. The van der Waals surface area contributed by atoms with Crippen molar-refractivity contribution in [2.75, 3.05) is 23.6 Å². The molecule has 2 N–H and O–H groups in total. The first-order valence-electron chi connectivity index (χ1n) is 6.11. The minimum absolute atomic E-state index is 0.0730. The lowest BCUT2D eigenvalue weighted by molar-refractivity contribution is 0.595. The first kappa shape index (κ1) is 15.4. The lowest BCUT2D eigenvalue weighted by Gasteiger charge is -2.06. The van der Waals surface area contributed by atoms with Gasteiger partial charge in [-0.05, 0) is 18.9 Å². The largest absolute Gasteiger partial charge is 0.316 e. The monoisotopic (exact) mass is 291 g/mol. The van der Waals surface area contributed by atoms with Gasteiger partial charge in [0.2, 0.25) is 10.0 Å². The molecule has 104 valence electrons. The summed E-state index contributed by atoms with van der Waals surface area (Å²) in [6.07, 6.45) is 0.998. The molecule has 0 unspecified atom stereocenters. The van der Waals surface area contributed by atoms with Crippen LogP contribution >= 0.6 is 11.3 Å². The average Bonchev–Trinajstić information content (AvgIpc) is 2.72. The summed E-state index contributed by atoms with van der Waals surface area (Å²) < 4.78 is 26.0.